The molecule has 0 amide bonds. The average molecular weight is 240 g/mol. The van der Waals surface area contributed by atoms with Crippen molar-refractivity contribution in [2.24, 2.45) is 5.84 Å². The van der Waals surface area contributed by atoms with E-state index in [0.29, 0.717) is 12.0 Å². The molecule has 96 valence electrons. The third kappa shape index (κ3) is 4.39. The molecule has 4 N–H and O–H groups in total. The normalized spacial score (nSPS) is 12.0. The number of hydrogen-bond acceptors (Lipinski definition) is 7. The van der Waals surface area contributed by atoms with Crippen molar-refractivity contribution in [1.82, 2.24) is 15.0 Å². The highest BCUT2D eigenvalue weighted by Gasteiger charge is 2.08. The molecule has 1 atom stereocenters. The van der Waals surface area contributed by atoms with Crippen LogP contribution in [0, 0.1) is 0 Å². The second kappa shape index (κ2) is 6.85. The summed E-state index contributed by atoms with van der Waals surface area (Å²) in [7, 11) is 1.50. The molecule has 0 spiro atoms. The minimum absolute atomic E-state index is 0.234. The molecule has 1 heterocycles. The van der Waals surface area contributed by atoms with E-state index in [-0.39, 0.29) is 12.0 Å². The van der Waals surface area contributed by atoms with Gasteiger partial charge >= 0.3 is 6.01 Å². The first-order valence-corrected chi connectivity index (χ1v) is 5.72. The van der Waals surface area contributed by atoms with Gasteiger partial charge in [0.2, 0.25) is 11.9 Å². The number of rotatable bonds is 7. The van der Waals surface area contributed by atoms with Gasteiger partial charge in [-0.05, 0) is 13.3 Å². The largest absolute Gasteiger partial charge is 0.467 e. The fourth-order valence-corrected chi connectivity index (χ4v) is 1.38. The number of unbranched alkanes of at least 4 members (excludes halogenated alkanes) is 1. The van der Waals surface area contributed by atoms with Crippen LogP contribution in [-0.4, -0.2) is 28.1 Å². The highest BCUT2D eigenvalue weighted by molar-refractivity contribution is 5.35. The van der Waals surface area contributed by atoms with Crippen molar-refractivity contribution in [3.63, 3.8) is 0 Å². The monoisotopic (exact) mass is 240 g/mol. The maximum absolute atomic E-state index is 5.27. The van der Waals surface area contributed by atoms with Gasteiger partial charge in [0.15, 0.2) is 0 Å². The number of aromatic nitrogens is 3. The molecular formula is C10H20N6O. The van der Waals surface area contributed by atoms with E-state index in [2.05, 4.69) is 39.5 Å². The summed E-state index contributed by atoms with van der Waals surface area (Å²) in [5.41, 5.74) is 2.38. The minimum atomic E-state index is 0.234. The van der Waals surface area contributed by atoms with Crippen LogP contribution in [0.25, 0.3) is 0 Å². The van der Waals surface area contributed by atoms with E-state index in [1.54, 1.807) is 0 Å². The number of hydrazine groups is 1. The van der Waals surface area contributed by atoms with Crippen molar-refractivity contribution in [2.75, 3.05) is 17.9 Å². The number of nitrogen functional groups attached to an aromatic ring is 1. The summed E-state index contributed by atoms with van der Waals surface area (Å²) in [6, 6.07) is 0.533. The zero-order valence-corrected chi connectivity index (χ0v) is 10.5. The van der Waals surface area contributed by atoms with Gasteiger partial charge in [0.05, 0.1) is 7.11 Å². The van der Waals surface area contributed by atoms with Crippen molar-refractivity contribution < 1.29 is 4.74 Å². The average Bonchev–Trinajstić information content (AvgIpc) is 2.35. The molecule has 1 aromatic heterocycles. The van der Waals surface area contributed by atoms with E-state index < -0.39 is 0 Å². The van der Waals surface area contributed by atoms with Crippen molar-refractivity contribution in [3.8, 4) is 6.01 Å². The molecule has 0 aromatic carbocycles. The van der Waals surface area contributed by atoms with Gasteiger partial charge < -0.3 is 10.1 Å². The summed E-state index contributed by atoms with van der Waals surface area (Å²) in [4.78, 5) is 12.1. The Labute approximate surface area is 101 Å². The molecule has 0 saturated heterocycles. The minimum Gasteiger partial charge on any atom is -0.467 e. The summed E-state index contributed by atoms with van der Waals surface area (Å²) in [5.74, 6) is 6.01. The molecule has 7 heteroatoms. The smallest absolute Gasteiger partial charge is 0.322 e. The predicted molar refractivity (Wildman–Crippen MR) is 66.8 cm³/mol. The van der Waals surface area contributed by atoms with E-state index in [1.807, 2.05) is 0 Å². The molecule has 0 saturated carbocycles. The number of nitrogens with one attached hydrogen (secondary N) is 2. The molecule has 0 radical (unpaired) electrons. The quantitative estimate of drug-likeness (QED) is 0.486. The van der Waals surface area contributed by atoms with Gasteiger partial charge in [-0.3, -0.25) is 5.43 Å². The van der Waals surface area contributed by atoms with Gasteiger partial charge in [0.25, 0.3) is 0 Å². The fourth-order valence-electron chi connectivity index (χ4n) is 1.38. The molecule has 17 heavy (non-hydrogen) atoms. The highest BCUT2D eigenvalue weighted by Crippen LogP contribution is 2.12. The Hall–Kier alpha value is -1.63. The highest BCUT2D eigenvalue weighted by atomic mass is 16.5. The molecule has 7 nitrogen and oxygen atoms in total. The lowest BCUT2D eigenvalue weighted by molar-refractivity contribution is 0.379. The Kier molecular flexibility index (Phi) is 5.41. The third-order valence-electron chi connectivity index (χ3n) is 2.29. The Bertz CT molecular complexity index is 323. The zero-order chi connectivity index (χ0) is 12.7. The first kappa shape index (κ1) is 13.4. The lowest BCUT2D eigenvalue weighted by atomic mass is 10.1. The molecule has 0 aliphatic rings. The van der Waals surface area contributed by atoms with Gasteiger partial charge in [0, 0.05) is 6.04 Å². The Morgan fingerprint density at radius 2 is 2.00 bits per heavy atom. The number of nitrogens with two attached hydrogens (primary N) is 1. The topological polar surface area (TPSA) is 98.0 Å². The first-order valence-electron chi connectivity index (χ1n) is 5.72. The summed E-state index contributed by atoms with van der Waals surface area (Å²) in [6.45, 7) is 4.25. The summed E-state index contributed by atoms with van der Waals surface area (Å²) in [6.07, 6.45) is 3.40. The van der Waals surface area contributed by atoms with Crippen LogP contribution in [0.5, 0.6) is 6.01 Å². The predicted octanol–water partition coefficient (Wildman–Crippen LogP) is 1.16. The van der Waals surface area contributed by atoms with E-state index in [9.17, 15) is 0 Å². The molecule has 0 aliphatic heterocycles. The summed E-state index contributed by atoms with van der Waals surface area (Å²) >= 11 is 0. The molecule has 0 aliphatic carbocycles. The Morgan fingerprint density at radius 1 is 1.29 bits per heavy atom. The number of ether oxygens (including phenoxy) is 1. The Morgan fingerprint density at radius 3 is 2.59 bits per heavy atom. The van der Waals surface area contributed by atoms with Crippen LogP contribution in [0.3, 0.4) is 0 Å². The maximum Gasteiger partial charge on any atom is 0.322 e. The lowest BCUT2D eigenvalue weighted by Gasteiger charge is -2.13. The molecule has 1 aromatic rings. The third-order valence-corrected chi connectivity index (χ3v) is 2.29. The van der Waals surface area contributed by atoms with Crippen LogP contribution in [0.2, 0.25) is 0 Å². The molecule has 0 fully saturated rings. The number of methoxy groups -OCH3 is 1. The lowest BCUT2D eigenvalue weighted by Crippen LogP contribution is -2.19. The van der Waals surface area contributed by atoms with Crippen LogP contribution >= 0.6 is 0 Å². The van der Waals surface area contributed by atoms with Gasteiger partial charge in [-0.25, -0.2) is 5.84 Å². The van der Waals surface area contributed by atoms with Gasteiger partial charge in [-0.2, -0.15) is 15.0 Å². The van der Waals surface area contributed by atoms with Crippen molar-refractivity contribution in [2.45, 2.75) is 39.2 Å². The second-order valence-corrected chi connectivity index (χ2v) is 3.80. The fraction of sp³-hybridized carbons (Fsp3) is 0.700. The van der Waals surface area contributed by atoms with Crippen LogP contribution in [0.4, 0.5) is 11.9 Å². The van der Waals surface area contributed by atoms with E-state index >= 15 is 0 Å². The molecule has 0 bridgehead atoms. The van der Waals surface area contributed by atoms with E-state index in [0.717, 1.165) is 6.42 Å². The Balaban J connectivity index is 2.68. The number of hydrogen-bond donors (Lipinski definition) is 3. The van der Waals surface area contributed by atoms with Crippen LogP contribution in [0.15, 0.2) is 0 Å². The SMILES string of the molecule is CCCCC(C)Nc1nc(NN)nc(OC)n1. The number of anilines is 2. The standard InChI is InChI=1S/C10H20N6O/c1-4-5-6-7(2)12-8-13-9(16-11)15-10(14-8)17-3/h7H,4-6,11H2,1-3H3,(H2,12,13,14,15,16). The second-order valence-electron chi connectivity index (χ2n) is 3.80. The van der Waals surface area contributed by atoms with Crippen LogP contribution < -0.4 is 21.3 Å². The van der Waals surface area contributed by atoms with E-state index in [4.69, 9.17) is 10.6 Å². The maximum atomic E-state index is 5.27. The summed E-state index contributed by atoms with van der Waals surface area (Å²) in [5, 5.41) is 3.19. The van der Waals surface area contributed by atoms with Gasteiger partial charge in [-0.1, -0.05) is 19.8 Å². The summed E-state index contributed by atoms with van der Waals surface area (Å²) < 4.78 is 4.96. The zero-order valence-electron chi connectivity index (χ0n) is 10.5. The van der Waals surface area contributed by atoms with Crippen molar-refractivity contribution in [3.05, 3.63) is 0 Å². The molecule has 1 rings (SSSR count). The van der Waals surface area contributed by atoms with Crippen LogP contribution in [0.1, 0.15) is 33.1 Å². The van der Waals surface area contributed by atoms with Crippen molar-refractivity contribution in [1.29, 1.82) is 0 Å². The van der Waals surface area contributed by atoms with Crippen molar-refractivity contribution >= 4 is 11.9 Å². The van der Waals surface area contributed by atoms with Gasteiger partial charge in [-0.15, -0.1) is 0 Å². The molecular weight excluding hydrogens is 220 g/mol. The number of nitrogens with zero attached hydrogens (tertiary/aromatic N) is 3. The van der Waals surface area contributed by atoms with E-state index in [1.165, 1.54) is 20.0 Å². The molecule has 1 unspecified atom stereocenters. The first-order chi connectivity index (χ1) is 8.19. The van der Waals surface area contributed by atoms with Gasteiger partial charge in [0.1, 0.15) is 0 Å². The van der Waals surface area contributed by atoms with Crippen LogP contribution in [-0.2, 0) is 0 Å².